The van der Waals surface area contributed by atoms with Crippen molar-refractivity contribution in [3.05, 3.63) is 127 Å². The number of nitro benzene ring substituents is 2. The molecule has 0 atom stereocenters. The van der Waals surface area contributed by atoms with Gasteiger partial charge in [-0.15, -0.1) is 0 Å². The van der Waals surface area contributed by atoms with E-state index in [1.54, 1.807) is 24.3 Å². The summed E-state index contributed by atoms with van der Waals surface area (Å²) in [6.45, 7) is 1.21. The molecule has 0 saturated carbocycles. The van der Waals surface area contributed by atoms with Crippen molar-refractivity contribution in [2.75, 3.05) is 26.2 Å². The van der Waals surface area contributed by atoms with Crippen molar-refractivity contribution < 1.29 is 29.0 Å². The minimum Gasteiger partial charge on any atom is -0.317 e. The van der Waals surface area contributed by atoms with Gasteiger partial charge >= 0.3 is 0 Å². The minimum atomic E-state index is -0.576. The zero-order valence-electron chi connectivity index (χ0n) is 27.6. The lowest BCUT2D eigenvalue weighted by Gasteiger charge is -2.28. The fourth-order valence-electron chi connectivity index (χ4n) is 7.52. The monoisotopic (exact) mass is 695 g/mol. The molecule has 0 unspecified atom stereocenters. The number of non-ortho nitro benzene ring substituents is 2. The predicted octanol–water partition coefficient (Wildman–Crippen LogP) is 6.77. The summed E-state index contributed by atoms with van der Waals surface area (Å²) in [4.78, 5) is 79.0. The van der Waals surface area contributed by atoms with Gasteiger partial charge in [-0.3, -0.25) is 49.2 Å². The minimum absolute atomic E-state index is 0.101. The molecule has 0 fully saturated rings. The van der Waals surface area contributed by atoms with Crippen molar-refractivity contribution >= 4 is 78.1 Å². The Bertz CT molecular complexity index is 2420. The van der Waals surface area contributed by atoms with E-state index in [2.05, 4.69) is 5.32 Å². The number of rotatable bonds is 11. The molecule has 52 heavy (non-hydrogen) atoms. The third-order valence-electron chi connectivity index (χ3n) is 9.93. The summed E-state index contributed by atoms with van der Waals surface area (Å²) < 4.78 is 0. The average Bonchev–Trinajstić information content (AvgIpc) is 3.15. The van der Waals surface area contributed by atoms with E-state index in [-0.39, 0.29) is 35.6 Å². The number of amides is 4. The van der Waals surface area contributed by atoms with Gasteiger partial charge < -0.3 is 5.32 Å². The van der Waals surface area contributed by atoms with Crippen LogP contribution in [0.3, 0.4) is 0 Å². The molecule has 258 valence electrons. The number of hydrogen-bond acceptors (Lipinski definition) is 9. The summed E-state index contributed by atoms with van der Waals surface area (Å²) in [7, 11) is 0. The maximum Gasteiger partial charge on any atom is 0.270 e. The number of nitrogens with zero attached hydrogens (tertiary/aromatic N) is 4. The van der Waals surface area contributed by atoms with Crippen LogP contribution in [0, 0.1) is 20.2 Å². The second-order valence-corrected chi connectivity index (χ2v) is 13.0. The smallest absolute Gasteiger partial charge is 0.270 e. The van der Waals surface area contributed by atoms with Crippen LogP contribution in [0.15, 0.2) is 84.9 Å². The lowest BCUT2D eigenvalue weighted by Crippen LogP contribution is -2.42. The van der Waals surface area contributed by atoms with Gasteiger partial charge in [0.25, 0.3) is 35.0 Å². The summed E-state index contributed by atoms with van der Waals surface area (Å²) in [5.41, 5.74) is 0.473. The van der Waals surface area contributed by atoms with E-state index < -0.39 is 33.5 Å². The zero-order chi connectivity index (χ0) is 36.3. The van der Waals surface area contributed by atoms with E-state index in [4.69, 9.17) is 0 Å². The number of unbranched alkanes of at least 4 members (excludes halogenated alkanes) is 1. The number of hydrogen-bond donors (Lipinski definition) is 1. The Morgan fingerprint density at radius 3 is 1.37 bits per heavy atom. The van der Waals surface area contributed by atoms with E-state index in [1.165, 1.54) is 24.3 Å². The summed E-state index contributed by atoms with van der Waals surface area (Å²) in [5.74, 6) is -2.04. The first-order chi connectivity index (χ1) is 25.1. The Morgan fingerprint density at radius 1 is 0.500 bits per heavy atom. The molecule has 4 amide bonds. The lowest BCUT2D eigenvalue weighted by molar-refractivity contribution is -0.384. The van der Waals surface area contributed by atoms with E-state index >= 15 is 0 Å². The predicted molar refractivity (Wildman–Crippen MR) is 194 cm³/mol. The van der Waals surface area contributed by atoms with Gasteiger partial charge in [0.2, 0.25) is 0 Å². The summed E-state index contributed by atoms with van der Waals surface area (Å²) in [5, 5.41) is 31.5. The van der Waals surface area contributed by atoms with Crippen LogP contribution in [-0.4, -0.2) is 69.5 Å². The van der Waals surface area contributed by atoms with Crippen molar-refractivity contribution in [2.24, 2.45) is 0 Å². The molecule has 2 heterocycles. The van der Waals surface area contributed by atoms with Gasteiger partial charge in [-0.25, -0.2) is 0 Å². The third kappa shape index (κ3) is 5.21. The van der Waals surface area contributed by atoms with Crippen molar-refractivity contribution in [1.82, 2.24) is 15.1 Å². The van der Waals surface area contributed by atoms with Crippen LogP contribution >= 0.6 is 0 Å². The molecule has 6 aromatic carbocycles. The van der Waals surface area contributed by atoms with Crippen LogP contribution in [0.25, 0.3) is 43.1 Å². The largest absolute Gasteiger partial charge is 0.317 e. The molecule has 0 saturated heterocycles. The number of fused-ring (bicyclic) bond motifs is 4. The second-order valence-electron chi connectivity index (χ2n) is 13.0. The Labute approximate surface area is 294 Å². The van der Waals surface area contributed by atoms with Crippen LogP contribution in [-0.2, 0) is 0 Å². The molecule has 0 aliphatic carbocycles. The van der Waals surface area contributed by atoms with Crippen LogP contribution in [0.4, 0.5) is 11.4 Å². The summed E-state index contributed by atoms with van der Waals surface area (Å²) in [6.07, 6.45) is 1.50. The Hall–Kier alpha value is -6.60. The number of nitro groups is 2. The molecule has 0 bridgehead atoms. The van der Waals surface area contributed by atoms with Gasteiger partial charge in [0.15, 0.2) is 0 Å². The number of imide groups is 2. The number of benzene rings is 6. The molecule has 13 nitrogen and oxygen atoms in total. The summed E-state index contributed by atoms with van der Waals surface area (Å²) >= 11 is 0. The van der Waals surface area contributed by atoms with E-state index in [1.807, 2.05) is 36.4 Å². The lowest BCUT2D eigenvalue weighted by atomic mass is 9.89. The van der Waals surface area contributed by atoms with Gasteiger partial charge in [-0.05, 0) is 76.8 Å². The van der Waals surface area contributed by atoms with E-state index in [9.17, 15) is 39.4 Å². The Kier molecular flexibility index (Phi) is 7.91. The van der Waals surface area contributed by atoms with Crippen LogP contribution in [0.1, 0.15) is 60.7 Å². The highest BCUT2D eigenvalue weighted by Crippen LogP contribution is 2.40. The Balaban J connectivity index is 0.904. The normalized spacial score (nSPS) is 14.0. The second kappa shape index (κ2) is 12.6. The highest BCUT2D eigenvalue weighted by molar-refractivity contribution is 6.31. The standard InChI is InChI=1S/C39H29N5O8/c45-36-30-16-22-8-1-3-10-26(22)28-18-24(43(49)50)20-32(34(28)30)38(47)41(36)14-6-5-12-40-13-7-15-42-37(46)31-17-23-9-2-4-11-27(23)29-19-25(44(51)52)21-33(35(29)31)39(42)48/h1-4,8-11,16-21,40H,5-7,12-15H2. The van der Waals surface area contributed by atoms with Crippen molar-refractivity contribution in [1.29, 1.82) is 0 Å². The van der Waals surface area contributed by atoms with Gasteiger partial charge in [-0.1, -0.05) is 48.5 Å². The van der Waals surface area contributed by atoms with Gasteiger partial charge in [-0.2, -0.15) is 0 Å². The van der Waals surface area contributed by atoms with Crippen LogP contribution < -0.4 is 5.32 Å². The Morgan fingerprint density at radius 2 is 0.904 bits per heavy atom. The fraction of sp³-hybridized carbons (Fsp3) is 0.179. The van der Waals surface area contributed by atoms with E-state index in [0.29, 0.717) is 65.0 Å². The molecule has 2 aliphatic heterocycles. The molecule has 6 aromatic rings. The first-order valence-electron chi connectivity index (χ1n) is 16.8. The molecule has 1 N–H and O–H groups in total. The summed E-state index contributed by atoms with van der Waals surface area (Å²) in [6, 6.07) is 23.3. The first-order valence-corrected chi connectivity index (χ1v) is 16.8. The molecular formula is C39H29N5O8. The maximum atomic E-state index is 13.6. The van der Waals surface area contributed by atoms with Crippen molar-refractivity contribution in [2.45, 2.75) is 19.3 Å². The van der Waals surface area contributed by atoms with Gasteiger partial charge in [0.05, 0.1) is 21.0 Å². The average molecular weight is 696 g/mol. The molecule has 8 rings (SSSR count). The van der Waals surface area contributed by atoms with Gasteiger partial charge in [0.1, 0.15) is 0 Å². The molecule has 13 heteroatoms. The maximum absolute atomic E-state index is 13.6. The topological polar surface area (TPSA) is 173 Å². The molecule has 0 aromatic heterocycles. The highest BCUT2D eigenvalue weighted by atomic mass is 16.6. The number of carbonyl (C=O) groups is 4. The van der Waals surface area contributed by atoms with Crippen LogP contribution in [0.2, 0.25) is 0 Å². The zero-order valence-corrected chi connectivity index (χ0v) is 27.6. The van der Waals surface area contributed by atoms with Gasteiger partial charge in [0, 0.05) is 59.3 Å². The molecule has 2 aliphatic rings. The molecular weight excluding hydrogens is 666 g/mol. The van der Waals surface area contributed by atoms with Crippen molar-refractivity contribution in [3.63, 3.8) is 0 Å². The molecule has 0 spiro atoms. The first kappa shape index (κ1) is 32.6. The van der Waals surface area contributed by atoms with E-state index in [0.717, 1.165) is 31.3 Å². The van der Waals surface area contributed by atoms with Crippen molar-refractivity contribution in [3.8, 4) is 0 Å². The number of carbonyl (C=O) groups excluding carboxylic acids is 4. The number of nitrogens with one attached hydrogen (secondary N) is 1. The fourth-order valence-corrected chi connectivity index (χ4v) is 7.52. The quantitative estimate of drug-likeness (QED) is 0.0505. The van der Waals surface area contributed by atoms with Crippen LogP contribution in [0.5, 0.6) is 0 Å². The SMILES string of the molecule is O=C1c2cc([N+](=O)[O-])cc3c2c(cc2ccccc23)C(=O)N1CCCCNCCCN1C(=O)c2cc([N+](=O)[O-])cc3c2c(cc2ccccc23)C1=O. The third-order valence-corrected chi connectivity index (χ3v) is 9.93. The molecule has 0 radical (unpaired) electrons. The highest BCUT2D eigenvalue weighted by Gasteiger charge is 2.36.